The zero-order chi connectivity index (χ0) is 15.2. The molecule has 0 saturated heterocycles. The van der Waals surface area contributed by atoms with Crippen LogP contribution in [0.2, 0.25) is 0 Å². The molecule has 0 spiro atoms. The van der Waals surface area contributed by atoms with Crippen LogP contribution in [0.5, 0.6) is 5.75 Å². The highest BCUT2D eigenvalue weighted by Crippen LogP contribution is 2.11. The molecule has 0 aliphatic heterocycles. The zero-order valence-corrected chi connectivity index (χ0v) is 10.9. The molecule has 1 aromatic carbocycles. The number of phenolic OH excluding ortho intramolecular Hbond substituents is 1. The van der Waals surface area contributed by atoms with Crippen molar-refractivity contribution in [1.82, 2.24) is 15.5 Å². The Morgan fingerprint density at radius 1 is 1.29 bits per heavy atom. The van der Waals surface area contributed by atoms with Gasteiger partial charge in [-0.05, 0) is 17.7 Å². The lowest BCUT2D eigenvalue weighted by Gasteiger charge is -2.14. The number of anilines is 1. The van der Waals surface area contributed by atoms with Crippen molar-refractivity contribution in [3.05, 3.63) is 42.2 Å². The summed E-state index contributed by atoms with van der Waals surface area (Å²) in [4.78, 5) is 22.9. The van der Waals surface area contributed by atoms with Gasteiger partial charge < -0.3 is 20.8 Å². The number of urea groups is 1. The van der Waals surface area contributed by atoms with Gasteiger partial charge in [-0.2, -0.15) is 5.10 Å². The Morgan fingerprint density at radius 2 is 2.00 bits per heavy atom. The van der Waals surface area contributed by atoms with Crippen molar-refractivity contribution < 1.29 is 19.8 Å². The van der Waals surface area contributed by atoms with E-state index in [2.05, 4.69) is 20.8 Å². The van der Waals surface area contributed by atoms with Gasteiger partial charge in [0.05, 0.1) is 11.9 Å². The highest BCUT2D eigenvalue weighted by Gasteiger charge is 2.20. The van der Waals surface area contributed by atoms with Crippen molar-refractivity contribution in [2.45, 2.75) is 12.5 Å². The number of carbonyl (C=O) groups excluding carboxylic acids is 1. The second kappa shape index (κ2) is 6.42. The summed E-state index contributed by atoms with van der Waals surface area (Å²) in [6.07, 6.45) is 2.97. The molecular weight excluding hydrogens is 276 g/mol. The Bertz CT molecular complexity index is 610. The quantitative estimate of drug-likeness (QED) is 0.560. The summed E-state index contributed by atoms with van der Waals surface area (Å²) in [7, 11) is 0. The predicted molar refractivity (Wildman–Crippen MR) is 74.0 cm³/mol. The van der Waals surface area contributed by atoms with Crippen molar-refractivity contribution in [2.24, 2.45) is 0 Å². The molecule has 1 atom stereocenters. The van der Waals surface area contributed by atoms with E-state index in [-0.39, 0.29) is 12.2 Å². The standard InChI is InChI=1S/C13H14N4O4/c18-10-3-1-8(2-4-10)5-11(12(19)20)17-13(21)16-9-6-14-15-7-9/h1-4,6-7,11,18H,5H2,(H,14,15)(H,19,20)(H2,16,17,21). The Kier molecular flexibility index (Phi) is 4.39. The molecule has 0 fully saturated rings. The number of aromatic hydroxyl groups is 1. The van der Waals surface area contributed by atoms with Crippen LogP contribution in [0.25, 0.3) is 0 Å². The maximum absolute atomic E-state index is 11.7. The number of hydrogen-bond donors (Lipinski definition) is 5. The molecule has 1 heterocycles. The summed E-state index contributed by atoms with van der Waals surface area (Å²) in [5.74, 6) is -1.05. The van der Waals surface area contributed by atoms with Crippen LogP contribution in [0.15, 0.2) is 36.7 Å². The second-order valence-electron chi connectivity index (χ2n) is 4.35. The van der Waals surface area contributed by atoms with Gasteiger partial charge in [-0.3, -0.25) is 5.10 Å². The molecular formula is C13H14N4O4. The van der Waals surface area contributed by atoms with Gasteiger partial charge >= 0.3 is 12.0 Å². The third-order valence-corrected chi connectivity index (χ3v) is 2.74. The van der Waals surface area contributed by atoms with Crippen molar-refractivity contribution in [3.63, 3.8) is 0 Å². The lowest BCUT2D eigenvalue weighted by molar-refractivity contribution is -0.139. The molecule has 2 rings (SSSR count). The fourth-order valence-corrected chi connectivity index (χ4v) is 1.71. The number of phenols is 1. The molecule has 2 amide bonds. The van der Waals surface area contributed by atoms with Gasteiger partial charge in [0.25, 0.3) is 0 Å². The van der Waals surface area contributed by atoms with E-state index in [1.165, 1.54) is 24.5 Å². The Morgan fingerprint density at radius 3 is 2.57 bits per heavy atom. The average Bonchev–Trinajstić information content (AvgIpc) is 2.93. The molecule has 0 aliphatic carbocycles. The summed E-state index contributed by atoms with van der Waals surface area (Å²) in [6.45, 7) is 0. The largest absolute Gasteiger partial charge is 0.508 e. The van der Waals surface area contributed by atoms with Crippen molar-refractivity contribution in [2.75, 3.05) is 5.32 Å². The first-order valence-corrected chi connectivity index (χ1v) is 6.11. The van der Waals surface area contributed by atoms with Gasteiger partial charge in [-0.25, -0.2) is 9.59 Å². The van der Waals surface area contributed by atoms with Gasteiger partial charge in [0.2, 0.25) is 0 Å². The molecule has 2 aromatic rings. The number of aromatic amines is 1. The van der Waals surface area contributed by atoms with Crippen LogP contribution in [0, 0.1) is 0 Å². The number of nitrogens with one attached hydrogen (secondary N) is 3. The molecule has 0 aliphatic rings. The highest BCUT2D eigenvalue weighted by molar-refractivity contribution is 5.92. The van der Waals surface area contributed by atoms with Gasteiger partial charge in [0, 0.05) is 12.6 Å². The molecule has 1 unspecified atom stereocenters. The van der Waals surface area contributed by atoms with Crippen LogP contribution in [0.1, 0.15) is 5.56 Å². The maximum Gasteiger partial charge on any atom is 0.326 e. The second-order valence-corrected chi connectivity index (χ2v) is 4.35. The summed E-state index contributed by atoms with van der Waals surface area (Å²) >= 11 is 0. The molecule has 0 saturated carbocycles. The Hall–Kier alpha value is -3.03. The molecule has 0 radical (unpaired) electrons. The Balaban J connectivity index is 1.97. The number of hydrogen-bond acceptors (Lipinski definition) is 4. The lowest BCUT2D eigenvalue weighted by Crippen LogP contribution is -2.44. The Labute approximate surface area is 119 Å². The number of rotatable bonds is 5. The lowest BCUT2D eigenvalue weighted by atomic mass is 10.1. The monoisotopic (exact) mass is 290 g/mol. The van der Waals surface area contributed by atoms with E-state index >= 15 is 0 Å². The number of carboxylic acid groups (broad SMARTS) is 1. The minimum Gasteiger partial charge on any atom is -0.508 e. The summed E-state index contributed by atoms with van der Waals surface area (Å²) < 4.78 is 0. The van der Waals surface area contributed by atoms with Crippen LogP contribution in [0.3, 0.4) is 0 Å². The number of nitrogens with zero attached hydrogens (tertiary/aromatic N) is 1. The van der Waals surface area contributed by atoms with Crippen LogP contribution >= 0.6 is 0 Å². The summed E-state index contributed by atoms with van der Waals surface area (Å²) in [6, 6.07) is 4.39. The molecule has 1 aromatic heterocycles. The molecule has 5 N–H and O–H groups in total. The first-order valence-electron chi connectivity index (χ1n) is 6.11. The number of aromatic nitrogens is 2. The number of amides is 2. The number of H-pyrrole nitrogens is 1. The van der Waals surface area contributed by atoms with Gasteiger partial charge in [-0.1, -0.05) is 12.1 Å². The first-order chi connectivity index (χ1) is 10.0. The van der Waals surface area contributed by atoms with Crippen LogP contribution in [-0.2, 0) is 11.2 Å². The van der Waals surface area contributed by atoms with E-state index in [0.29, 0.717) is 11.3 Å². The van der Waals surface area contributed by atoms with Crippen LogP contribution in [-0.4, -0.2) is 38.5 Å². The topological polar surface area (TPSA) is 127 Å². The van der Waals surface area contributed by atoms with E-state index in [4.69, 9.17) is 5.11 Å². The molecule has 0 bridgehead atoms. The van der Waals surface area contributed by atoms with E-state index in [0.717, 1.165) is 0 Å². The minimum atomic E-state index is -1.15. The third-order valence-electron chi connectivity index (χ3n) is 2.74. The van der Waals surface area contributed by atoms with E-state index in [1.807, 2.05) is 0 Å². The third kappa shape index (κ3) is 4.23. The van der Waals surface area contributed by atoms with Crippen LogP contribution in [0.4, 0.5) is 10.5 Å². The van der Waals surface area contributed by atoms with Crippen molar-refractivity contribution in [3.8, 4) is 5.75 Å². The van der Waals surface area contributed by atoms with Crippen LogP contribution < -0.4 is 10.6 Å². The summed E-state index contributed by atoms with van der Waals surface area (Å²) in [5, 5.41) is 29.3. The fraction of sp³-hybridized carbons (Fsp3) is 0.154. The fourth-order valence-electron chi connectivity index (χ4n) is 1.71. The zero-order valence-electron chi connectivity index (χ0n) is 10.9. The normalized spacial score (nSPS) is 11.6. The van der Waals surface area contributed by atoms with Crippen molar-refractivity contribution in [1.29, 1.82) is 0 Å². The first kappa shape index (κ1) is 14.4. The van der Waals surface area contributed by atoms with E-state index in [9.17, 15) is 14.7 Å². The van der Waals surface area contributed by atoms with E-state index in [1.54, 1.807) is 12.1 Å². The number of aliphatic carboxylic acids is 1. The number of carboxylic acids is 1. The summed E-state index contributed by atoms with van der Waals surface area (Å²) in [5.41, 5.74) is 1.12. The molecule has 8 nitrogen and oxygen atoms in total. The SMILES string of the molecule is O=C(Nc1cn[nH]c1)NC(Cc1ccc(O)cc1)C(=O)O. The minimum absolute atomic E-state index is 0.0938. The molecule has 21 heavy (non-hydrogen) atoms. The highest BCUT2D eigenvalue weighted by atomic mass is 16.4. The maximum atomic E-state index is 11.7. The predicted octanol–water partition coefficient (Wildman–Crippen LogP) is 0.933. The molecule has 110 valence electrons. The smallest absolute Gasteiger partial charge is 0.326 e. The number of benzene rings is 1. The van der Waals surface area contributed by atoms with E-state index < -0.39 is 18.0 Å². The van der Waals surface area contributed by atoms with Gasteiger partial charge in [-0.15, -0.1) is 0 Å². The van der Waals surface area contributed by atoms with Gasteiger partial charge in [0.15, 0.2) is 0 Å². The number of carbonyl (C=O) groups is 2. The average molecular weight is 290 g/mol. The van der Waals surface area contributed by atoms with Crippen molar-refractivity contribution >= 4 is 17.7 Å². The molecule has 8 heteroatoms. The van der Waals surface area contributed by atoms with Gasteiger partial charge in [0.1, 0.15) is 11.8 Å².